The van der Waals surface area contributed by atoms with E-state index in [1.807, 2.05) is 0 Å². The number of halogens is 2. The number of phenols is 1. The fourth-order valence-corrected chi connectivity index (χ4v) is 4.64. The molecule has 1 atom stereocenters. The van der Waals surface area contributed by atoms with Crippen molar-refractivity contribution >= 4 is 50.1 Å². The van der Waals surface area contributed by atoms with Crippen molar-refractivity contribution in [1.82, 2.24) is 0 Å². The molecule has 3 aromatic carbocycles. The Morgan fingerprint density at radius 3 is 2.62 bits per heavy atom. The van der Waals surface area contributed by atoms with E-state index < -0.39 is 11.9 Å². The van der Waals surface area contributed by atoms with E-state index >= 15 is 0 Å². The molecule has 160 valence electrons. The van der Waals surface area contributed by atoms with Gasteiger partial charge in [0.15, 0.2) is 5.43 Å². The molecule has 1 unspecified atom stereocenters. The van der Waals surface area contributed by atoms with Gasteiger partial charge < -0.3 is 14.3 Å². The van der Waals surface area contributed by atoms with Gasteiger partial charge in [-0.3, -0.25) is 14.5 Å². The predicted octanol–water partition coefficient (Wildman–Crippen LogP) is 5.67. The van der Waals surface area contributed by atoms with Crippen LogP contribution in [0.2, 0.25) is 5.02 Å². The van der Waals surface area contributed by atoms with E-state index in [1.54, 1.807) is 48.5 Å². The summed E-state index contributed by atoms with van der Waals surface area (Å²) in [5.41, 5.74) is 1.23. The quantitative estimate of drug-likeness (QED) is 0.382. The molecule has 2 heterocycles. The molecule has 1 aromatic heterocycles. The third-order valence-electron chi connectivity index (χ3n) is 5.43. The first-order valence-corrected chi connectivity index (χ1v) is 10.8. The number of aromatic hydroxyl groups is 1. The van der Waals surface area contributed by atoms with Gasteiger partial charge in [0.25, 0.3) is 5.91 Å². The van der Waals surface area contributed by atoms with E-state index in [1.165, 1.54) is 24.1 Å². The number of amides is 1. The molecule has 0 spiro atoms. The highest BCUT2D eigenvalue weighted by atomic mass is 79.9. The summed E-state index contributed by atoms with van der Waals surface area (Å²) in [5, 5.41) is 10.8. The standard InChI is InChI=1S/C24H15BrClNO5/c1-31-19-8-6-14(11-17(19)26)27-21(12-3-2-4-15(28)9-12)20-22(29)16-10-13(25)5-7-18(16)32-23(20)24(27)30/h2-11,21,28H,1H3. The lowest BCUT2D eigenvalue weighted by Gasteiger charge is -2.25. The molecule has 0 saturated carbocycles. The van der Waals surface area contributed by atoms with E-state index in [0.29, 0.717) is 37.5 Å². The summed E-state index contributed by atoms with van der Waals surface area (Å²) in [4.78, 5) is 28.6. The number of fused-ring (bicyclic) bond motifs is 2. The van der Waals surface area contributed by atoms with Gasteiger partial charge in [0, 0.05) is 10.2 Å². The van der Waals surface area contributed by atoms with Crippen LogP contribution >= 0.6 is 27.5 Å². The second-order valence-electron chi connectivity index (χ2n) is 7.31. The second-order valence-corrected chi connectivity index (χ2v) is 8.63. The summed E-state index contributed by atoms with van der Waals surface area (Å²) >= 11 is 9.71. The molecule has 4 aromatic rings. The summed E-state index contributed by atoms with van der Waals surface area (Å²) < 4.78 is 11.9. The summed E-state index contributed by atoms with van der Waals surface area (Å²) in [6.45, 7) is 0. The van der Waals surface area contributed by atoms with Crippen molar-refractivity contribution in [2.75, 3.05) is 12.0 Å². The van der Waals surface area contributed by atoms with Crippen LogP contribution in [0.4, 0.5) is 5.69 Å². The maximum Gasteiger partial charge on any atom is 0.295 e. The number of rotatable bonds is 3. The number of anilines is 1. The molecule has 1 N–H and O–H groups in total. The molecule has 32 heavy (non-hydrogen) atoms. The highest BCUT2D eigenvalue weighted by molar-refractivity contribution is 9.10. The van der Waals surface area contributed by atoms with Crippen molar-refractivity contribution < 1.29 is 19.1 Å². The zero-order valence-corrected chi connectivity index (χ0v) is 19.0. The largest absolute Gasteiger partial charge is 0.508 e. The van der Waals surface area contributed by atoms with Gasteiger partial charge in [-0.25, -0.2) is 0 Å². The Kier molecular flexibility index (Phi) is 4.95. The van der Waals surface area contributed by atoms with Crippen LogP contribution in [0.1, 0.15) is 27.7 Å². The smallest absolute Gasteiger partial charge is 0.295 e. The number of methoxy groups -OCH3 is 1. The average molecular weight is 513 g/mol. The Labute approximate surface area is 195 Å². The fraction of sp³-hybridized carbons (Fsp3) is 0.0833. The van der Waals surface area contributed by atoms with E-state index in [0.717, 1.165) is 0 Å². The average Bonchev–Trinajstić information content (AvgIpc) is 3.07. The van der Waals surface area contributed by atoms with E-state index in [-0.39, 0.29) is 22.5 Å². The first kappa shape index (κ1) is 20.6. The van der Waals surface area contributed by atoms with Crippen LogP contribution in [0.3, 0.4) is 0 Å². The predicted molar refractivity (Wildman–Crippen MR) is 125 cm³/mol. The first-order chi connectivity index (χ1) is 15.4. The summed E-state index contributed by atoms with van der Waals surface area (Å²) in [6, 6.07) is 15.6. The van der Waals surface area contributed by atoms with Gasteiger partial charge in [0.05, 0.1) is 29.1 Å². The van der Waals surface area contributed by atoms with Crippen molar-refractivity contribution in [3.8, 4) is 11.5 Å². The minimum Gasteiger partial charge on any atom is -0.508 e. The van der Waals surface area contributed by atoms with Gasteiger partial charge in [0.1, 0.15) is 17.1 Å². The van der Waals surface area contributed by atoms with Crippen LogP contribution in [0, 0.1) is 0 Å². The number of benzene rings is 3. The maximum absolute atomic E-state index is 13.6. The number of hydrogen-bond acceptors (Lipinski definition) is 5. The lowest BCUT2D eigenvalue weighted by Crippen LogP contribution is -2.29. The molecule has 0 fully saturated rings. The molecular formula is C24H15BrClNO5. The minimum absolute atomic E-state index is 0.0176. The van der Waals surface area contributed by atoms with Crippen molar-refractivity contribution in [2.45, 2.75) is 6.04 Å². The molecule has 1 aliphatic heterocycles. The van der Waals surface area contributed by atoms with Gasteiger partial charge in [-0.15, -0.1) is 0 Å². The second kappa shape index (κ2) is 7.69. The number of nitrogens with zero attached hydrogens (tertiary/aromatic N) is 1. The first-order valence-electron chi connectivity index (χ1n) is 9.61. The number of hydrogen-bond donors (Lipinski definition) is 1. The summed E-state index contributed by atoms with van der Waals surface area (Å²) in [7, 11) is 1.50. The van der Waals surface area contributed by atoms with Gasteiger partial charge in [-0.1, -0.05) is 39.7 Å². The normalized spacial score (nSPS) is 15.3. The molecule has 0 bridgehead atoms. The molecule has 0 saturated heterocycles. The molecule has 6 nitrogen and oxygen atoms in total. The van der Waals surface area contributed by atoms with Gasteiger partial charge in [-0.2, -0.15) is 0 Å². The Hall–Kier alpha value is -3.29. The van der Waals surface area contributed by atoms with Crippen LogP contribution in [0.5, 0.6) is 11.5 Å². The Bertz CT molecular complexity index is 1460. The molecule has 1 aliphatic rings. The topological polar surface area (TPSA) is 80.0 Å². The van der Waals surface area contributed by atoms with Crippen LogP contribution in [-0.4, -0.2) is 18.1 Å². The number of ether oxygens (including phenoxy) is 1. The van der Waals surface area contributed by atoms with Crippen molar-refractivity contribution in [3.05, 3.63) is 97.3 Å². The minimum atomic E-state index is -0.811. The van der Waals surface area contributed by atoms with Crippen molar-refractivity contribution in [3.63, 3.8) is 0 Å². The maximum atomic E-state index is 13.6. The third kappa shape index (κ3) is 3.16. The summed E-state index contributed by atoms with van der Waals surface area (Å²) in [6.07, 6.45) is 0. The van der Waals surface area contributed by atoms with Gasteiger partial charge in [-0.05, 0) is 54.1 Å². The zero-order chi connectivity index (χ0) is 22.6. The van der Waals surface area contributed by atoms with Crippen LogP contribution in [0.25, 0.3) is 11.0 Å². The molecule has 8 heteroatoms. The molecule has 0 radical (unpaired) electrons. The molecule has 1 amide bonds. The SMILES string of the molecule is COc1ccc(N2C(=O)c3oc4ccc(Br)cc4c(=O)c3C2c2cccc(O)c2)cc1Cl. The highest BCUT2D eigenvalue weighted by Crippen LogP contribution is 2.43. The highest BCUT2D eigenvalue weighted by Gasteiger charge is 2.44. The van der Waals surface area contributed by atoms with Crippen LogP contribution in [-0.2, 0) is 0 Å². The van der Waals surface area contributed by atoms with Crippen LogP contribution in [0.15, 0.2) is 74.3 Å². The molecule has 0 aliphatic carbocycles. The Balaban J connectivity index is 1.81. The van der Waals surface area contributed by atoms with Crippen molar-refractivity contribution in [1.29, 1.82) is 0 Å². The fourth-order valence-electron chi connectivity index (χ4n) is 4.03. The van der Waals surface area contributed by atoms with E-state index in [4.69, 9.17) is 20.8 Å². The van der Waals surface area contributed by atoms with Gasteiger partial charge in [0.2, 0.25) is 5.76 Å². The number of carbonyl (C=O) groups excluding carboxylic acids is 1. The third-order valence-corrected chi connectivity index (χ3v) is 6.22. The summed E-state index contributed by atoms with van der Waals surface area (Å²) in [5.74, 6) is -0.0380. The number of phenolic OH excluding ortho intramolecular Hbond substituents is 1. The number of carbonyl (C=O) groups is 1. The Morgan fingerprint density at radius 1 is 1.09 bits per heavy atom. The van der Waals surface area contributed by atoms with Crippen LogP contribution < -0.4 is 15.1 Å². The van der Waals surface area contributed by atoms with Crippen molar-refractivity contribution in [2.24, 2.45) is 0 Å². The zero-order valence-electron chi connectivity index (χ0n) is 16.6. The lowest BCUT2D eigenvalue weighted by atomic mass is 9.98. The van der Waals surface area contributed by atoms with Gasteiger partial charge >= 0.3 is 0 Å². The monoisotopic (exact) mass is 511 g/mol. The van der Waals surface area contributed by atoms with E-state index in [2.05, 4.69) is 15.9 Å². The lowest BCUT2D eigenvalue weighted by molar-refractivity contribution is 0.0971. The molecular weight excluding hydrogens is 498 g/mol. The Morgan fingerprint density at radius 2 is 1.91 bits per heavy atom. The van der Waals surface area contributed by atoms with E-state index in [9.17, 15) is 14.7 Å². The molecule has 5 rings (SSSR count).